The van der Waals surface area contributed by atoms with E-state index in [1.807, 2.05) is 0 Å². The molecule has 0 bridgehead atoms. The van der Waals surface area contributed by atoms with E-state index in [-0.39, 0.29) is 0 Å². The lowest BCUT2D eigenvalue weighted by Gasteiger charge is -2.18. The van der Waals surface area contributed by atoms with Gasteiger partial charge in [-0.3, -0.25) is 0 Å². The summed E-state index contributed by atoms with van der Waals surface area (Å²) in [6.07, 6.45) is 5.67. The Morgan fingerprint density at radius 1 is 1.23 bits per heavy atom. The molecule has 13 heavy (non-hydrogen) atoms. The molecule has 0 radical (unpaired) electrons. The first kappa shape index (κ1) is 11.0. The summed E-state index contributed by atoms with van der Waals surface area (Å²) in [4.78, 5) is 0. The van der Waals surface area contributed by atoms with Crippen molar-refractivity contribution in [2.45, 2.75) is 32.6 Å². The molecule has 0 saturated heterocycles. The molecule has 0 heterocycles. The van der Waals surface area contributed by atoms with Gasteiger partial charge in [0, 0.05) is 13.7 Å². The molecule has 0 aromatic rings. The molecule has 0 amide bonds. The van der Waals surface area contributed by atoms with Gasteiger partial charge in [0.1, 0.15) is 0 Å². The van der Waals surface area contributed by atoms with Crippen molar-refractivity contribution in [3.8, 4) is 0 Å². The van der Waals surface area contributed by atoms with E-state index in [0.717, 1.165) is 31.7 Å². The molecule has 2 nitrogen and oxygen atoms in total. The standard InChI is InChI=1S/C11H22O2/c1-10(9-13-8-7-12-2)11-5-3-4-6-11/h10-11H,3-9H2,1-2H3. The van der Waals surface area contributed by atoms with Gasteiger partial charge in [-0.1, -0.05) is 32.6 Å². The molecule has 1 rings (SSSR count). The first-order valence-electron chi connectivity index (χ1n) is 5.41. The predicted octanol–water partition coefficient (Wildman–Crippen LogP) is 2.48. The highest BCUT2D eigenvalue weighted by molar-refractivity contribution is 4.72. The number of hydrogen-bond donors (Lipinski definition) is 0. The van der Waals surface area contributed by atoms with Crippen LogP contribution in [0.25, 0.3) is 0 Å². The first-order valence-corrected chi connectivity index (χ1v) is 5.41. The zero-order chi connectivity index (χ0) is 9.52. The Kier molecular flexibility index (Phi) is 5.40. The molecule has 0 aliphatic heterocycles. The van der Waals surface area contributed by atoms with Crippen molar-refractivity contribution < 1.29 is 9.47 Å². The quantitative estimate of drug-likeness (QED) is 0.593. The third-order valence-corrected chi connectivity index (χ3v) is 3.02. The van der Waals surface area contributed by atoms with Gasteiger partial charge in [-0.25, -0.2) is 0 Å². The summed E-state index contributed by atoms with van der Waals surface area (Å²) < 4.78 is 10.4. The number of methoxy groups -OCH3 is 1. The van der Waals surface area contributed by atoms with Gasteiger partial charge in [0.2, 0.25) is 0 Å². The fourth-order valence-electron chi connectivity index (χ4n) is 2.07. The van der Waals surface area contributed by atoms with Crippen molar-refractivity contribution >= 4 is 0 Å². The van der Waals surface area contributed by atoms with Crippen molar-refractivity contribution in [2.75, 3.05) is 26.9 Å². The third kappa shape index (κ3) is 4.10. The van der Waals surface area contributed by atoms with Gasteiger partial charge in [-0.15, -0.1) is 0 Å². The second-order valence-electron chi connectivity index (χ2n) is 4.09. The minimum Gasteiger partial charge on any atom is -0.382 e. The second kappa shape index (κ2) is 6.39. The Morgan fingerprint density at radius 2 is 1.92 bits per heavy atom. The lowest BCUT2D eigenvalue weighted by atomic mass is 9.93. The molecule has 1 saturated carbocycles. The lowest BCUT2D eigenvalue weighted by Crippen LogP contribution is -2.16. The smallest absolute Gasteiger partial charge is 0.0700 e. The van der Waals surface area contributed by atoms with E-state index >= 15 is 0 Å². The molecule has 1 unspecified atom stereocenters. The zero-order valence-electron chi connectivity index (χ0n) is 8.92. The van der Waals surface area contributed by atoms with Crippen molar-refractivity contribution in [1.82, 2.24) is 0 Å². The summed E-state index contributed by atoms with van der Waals surface area (Å²) >= 11 is 0. The normalized spacial score (nSPS) is 20.8. The Labute approximate surface area is 81.6 Å². The maximum absolute atomic E-state index is 5.52. The average molecular weight is 186 g/mol. The highest BCUT2D eigenvalue weighted by Gasteiger charge is 2.21. The SMILES string of the molecule is COCCOCC(C)C1CCCC1. The summed E-state index contributed by atoms with van der Waals surface area (Å²) in [6, 6.07) is 0. The molecule has 1 aliphatic carbocycles. The number of hydrogen-bond acceptors (Lipinski definition) is 2. The molecule has 1 fully saturated rings. The topological polar surface area (TPSA) is 18.5 Å². The minimum atomic E-state index is 0.720. The van der Waals surface area contributed by atoms with Gasteiger partial charge in [-0.2, -0.15) is 0 Å². The molecule has 0 aromatic heterocycles. The largest absolute Gasteiger partial charge is 0.382 e. The Hall–Kier alpha value is -0.0800. The van der Waals surface area contributed by atoms with Crippen LogP contribution in [0.2, 0.25) is 0 Å². The zero-order valence-corrected chi connectivity index (χ0v) is 8.92. The predicted molar refractivity (Wildman–Crippen MR) is 53.8 cm³/mol. The van der Waals surface area contributed by atoms with Crippen LogP contribution in [-0.4, -0.2) is 26.9 Å². The van der Waals surface area contributed by atoms with Crippen LogP contribution in [0.3, 0.4) is 0 Å². The maximum Gasteiger partial charge on any atom is 0.0700 e. The lowest BCUT2D eigenvalue weighted by molar-refractivity contribution is 0.0433. The molecule has 0 aromatic carbocycles. The van der Waals surface area contributed by atoms with Crippen LogP contribution >= 0.6 is 0 Å². The summed E-state index contributed by atoms with van der Waals surface area (Å²) in [6.45, 7) is 4.68. The van der Waals surface area contributed by atoms with Gasteiger partial charge in [0.15, 0.2) is 0 Å². The minimum absolute atomic E-state index is 0.720. The third-order valence-electron chi connectivity index (χ3n) is 3.02. The highest BCUT2D eigenvalue weighted by atomic mass is 16.5. The molecule has 1 atom stereocenters. The fourth-order valence-corrected chi connectivity index (χ4v) is 2.07. The summed E-state index contributed by atoms with van der Waals surface area (Å²) in [5, 5.41) is 0. The molecule has 78 valence electrons. The molecule has 0 spiro atoms. The van der Waals surface area contributed by atoms with Crippen LogP contribution in [0.4, 0.5) is 0 Å². The van der Waals surface area contributed by atoms with Gasteiger partial charge >= 0.3 is 0 Å². The van der Waals surface area contributed by atoms with E-state index in [1.165, 1.54) is 25.7 Å². The highest BCUT2D eigenvalue weighted by Crippen LogP contribution is 2.31. The van der Waals surface area contributed by atoms with Crippen molar-refractivity contribution in [3.05, 3.63) is 0 Å². The molecule has 0 N–H and O–H groups in total. The Morgan fingerprint density at radius 3 is 2.54 bits per heavy atom. The molecule has 1 aliphatic rings. The van der Waals surface area contributed by atoms with E-state index in [9.17, 15) is 0 Å². The van der Waals surface area contributed by atoms with Crippen LogP contribution in [0.5, 0.6) is 0 Å². The van der Waals surface area contributed by atoms with E-state index in [2.05, 4.69) is 6.92 Å². The van der Waals surface area contributed by atoms with Crippen LogP contribution in [0.1, 0.15) is 32.6 Å². The molecular weight excluding hydrogens is 164 g/mol. The van der Waals surface area contributed by atoms with Crippen LogP contribution in [-0.2, 0) is 9.47 Å². The van der Waals surface area contributed by atoms with E-state index in [4.69, 9.17) is 9.47 Å². The fraction of sp³-hybridized carbons (Fsp3) is 1.00. The summed E-state index contributed by atoms with van der Waals surface area (Å²) in [5.74, 6) is 1.65. The Balaban J connectivity index is 1.99. The van der Waals surface area contributed by atoms with Crippen LogP contribution in [0.15, 0.2) is 0 Å². The molecule has 2 heteroatoms. The Bertz CT molecular complexity index is 119. The number of ether oxygens (including phenoxy) is 2. The van der Waals surface area contributed by atoms with E-state index in [0.29, 0.717) is 0 Å². The summed E-state index contributed by atoms with van der Waals surface area (Å²) in [5.41, 5.74) is 0. The van der Waals surface area contributed by atoms with Crippen LogP contribution in [0, 0.1) is 11.8 Å². The van der Waals surface area contributed by atoms with Crippen molar-refractivity contribution in [3.63, 3.8) is 0 Å². The molecular formula is C11H22O2. The first-order chi connectivity index (χ1) is 6.34. The maximum atomic E-state index is 5.52. The van der Waals surface area contributed by atoms with Gasteiger partial charge < -0.3 is 9.47 Å². The number of rotatable bonds is 6. The monoisotopic (exact) mass is 186 g/mol. The van der Waals surface area contributed by atoms with Crippen LogP contribution < -0.4 is 0 Å². The van der Waals surface area contributed by atoms with E-state index < -0.39 is 0 Å². The van der Waals surface area contributed by atoms with Gasteiger partial charge in [0.25, 0.3) is 0 Å². The second-order valence-corrected chi connectivity index (χ2v) is 4.09. The van der Waals surface area contributed by atoms with Gasteiger partial charge in [-0.05, 0) is 11.8 Å². The average Bonchev–Trinajstić information content (AvgIpc) is 2.65. The summed E-state index contributed by atoms with van der Waals surface area (Å²) in [7, 11) is 1.71. The van der Waals surface area contributed by atoms with Crippen molar-refractivity contribution in [2.24, 2.45) is 11.8 Å². The van der Waals surface area contributed by atoms with Gasteiger partial charge in [0.05, 0.1) is 13.2 Å². The van der Waals surface area contributed by atoms with E-state index in [1.54, 1.807) is 7.11 Å². The van der Waals surface area contributed by atoms with Crippen molar-refractivity contribution in [1.29, 1.82) is 0 Å².